The molecule has 0 bridgehead atoms. The van der Waals surface area contributed by atoms with Crippen molar-refractivity contribution in [2.45, 2.75) is 119 Å². The zero-order chi connectivity index (χ0) is 64.3. The summed E-state index contributed by atoms with van der Waals surface area (Å²) >= 11 is 0. The van der Waals surface area contributed by atoms with E-state index in [1.807, 2.05) is 86.4 Å². The Bertz CT molecular complexity index is 4210. The Morgan fingerprint density at radius 3 is 1.86 bits per heavy atom. The molecule has 2 aromatic heterocycles. The van der Waals surface area contributed by atoms with Crippen molar-refractivity contribution >= 4 is 76.2 Å². The summed E-state index contributed by atoms with van der Waals surface area (Å²) in [5, 5.41) is 34.2. The smallest absolute Gasteiger partial charge is 0.349 e. The monoisotopic (exact) mass is 1210 g/mol. The van der Waals surface area contributed by atoms with Crippen molar-refractivity contribution in [2.24, 2.45) is 21.1 Å². The van der Waals surface area contributed by atoms with Crippen LogP contribution < -0.4 is 70.2 Å². The van der Waals surface area contributed by atoms with Gasteiger partial charge in [-0.2, -0.15) is 4.98 Å². The molecule has 0 saturated heterocycles. The number of aliphatic hydroxyl groups is 1. The molecule has 88 heavy (non-hydrogen) atoms. The SMILES string of the molecule is C=C(O)CCCN(C)CCn1c2nc(=O)[nH]c(=O)c-2nc2cc(C)c(C)cc21.C=c1nc2c(c(=O)[nH]1)=Nc1cc(C)c(C)cc1N2CCNCC[C@@H](N)C(=O)O.C=c1nc2c(c(=O)[nH]1)=Nc1cc(C)c(NCC(C)(C)C)cc1N2CCCCCCC(=O)O. The second-order valence-corrected chi connectivity index (χ2v) is 23.6. The highest BCUT2D eigenvalue weighted by Gasteiger charge is 2.27. The number of anilines is 5. The maximum Gasteiger partial charge on any atom is 0.349 e. The average molecular weight is 1210 g/mol. The van der Waals surface area contributed by atoms with Crippen molar-refractivity contribution in [3.8, 4) is 11.5 Å². The number of hydrogen-bond acceptors (Lipinski definition) is 19. The minimum absolute atomic E-state index is 0.132. The van der Waals surface area contributed by atoms with Crippen LogP contribution in [0.15, 0.2) is 77.9 Å². The Morgan fingerprint density at radius 1 is 0.670 bits per heavy atom. The van der Waals surface area contributed by atoms with E-state index in [0.717, 1.165) is 94.9 Å². The fourth-order valence-corrected chi connectivity index (χ4v) is 9.94. The second-order valence-electron chi connectivity index (χ2n) is 23.6. The number of aromatic amines is 3. The largest absolute Gasteiger partial charge is 0.513 e. The molecular formula is C63H82N16O9. The van der Waals surface area contributed by atoms with Gasteiger partial charge >= 0.3 is 17.6 Å². The molecule has 6 heterocycles. The third-order valence-corrected chi connectivity index (χ3v) is 15.0. The van der Waals surface area contributed by atoms with E-state index in [2.05, 4.69) is 107 Å². The molecule has 0 fully saturated rings. The van der Waals surface area contributed by atoms with Gasteiger partial charge in [0.25, 0.3) is 16.7 Å². The number of allylic oxidation sites excluding steroid dienone is 1. The third kappa shape index (κ3) is 17.1. The van der Waals surface area contributed by atoms with Crippen molar-refractivity contribution in [2.75, 3.05) is 68.0 Å². The number of hydrogen-bond donors (Lipinski definition) is 9. The molecule has 0 unspecified atom stereocenters. The van der Waals surface area contributed by atoms with Crippen LogP contribution in [0, 0.1) is 40.0 Å². The third-order valence-electron chi connectivity index (χ3n) is 15.0. The normalized spacial score (nSPS) is 12.6. The highest BCUT2D eigenvalue weighted by molar-refractivity contribution is 5.82. The summed E-state index contributed by atoms with van der Waals surface area (Å²) in [6.45, 7) is 32.7. The predicted octanol–water partition coefficient (Wildman–Crippen LogP) is 4.96. The van der Waals surface area contributed by atoms with Crippen LogP contribution in [0.25, 0.3) is 35.7 Å². The van der Waals surface area contributed by atoms with E-state index in [-0.39, 0.29) is 45.2 Å². The van der Waals surface area contributed by atoms with Crippen LogP contribution in [-0.4, -0.2) is 131 Å². The summed E-state index contributed by atoms with van der Waals surface area (Å²) in [5.74, 6) is -0.314. The summed E-state index contributed by atoms with van der Waals surface area (Å²) < 4.78 is 1.89. The molecule has 0 radical (unpaired) electrons. The van der Waals surface area contributed by atoms with Gasteiger partial charge in [0.05, 0.1) is 39.5 Å². The van der Waals surface area contributed by atoms with Gasteiger partial charge in [0.2, 0.25) is 0 Å². The van der Waals surface area contributed by atoms with E-state index < -0.39 is 29.2 Å². The van der Waals surface area contributed by atoms with Gasteiger partial charge in [0.15, 0.2) is 33.9 Å². The number of carbonyl (C=O) groups is 2. The lowest BCUT2D eigenvalue weighted by Crippen LogP contribution is -2.44. The lowest BCUT2D eigenvalue weighted by atomic mass is 9.96. The van der Waals surface area contributed by atoms with Crippen LogP contribution >= 0.6 is 0 Å². The fraction of sp³-hybridized carbons (Fsp3) is 0.429. The van der Waals surface area contributed by atoms with E-state index in [1.165, 1.54) is 0 Å². The highest BCUT2D eigenvalue weighted by atomic mass is 16.4. The maximum absolute atomic E-state index is 12.6. The number of aliphatic hydroxyl groups excluding tert-OH is 1. The first kappa shape index (κ1) is 66.3. The second kappa shape index (κ2) is 29.0. The number of aromatic nitrogens is 8. The highest BCUT2D eigenvalue weighted by Crippen LogP contribution is 2.40. The average Bonchev–Trinajstić information content (AvgIpc) is 1.10. The lowest BCUT2D eigenvalue weighted by molar-refractivity contribution is -0.139. The van der Waals surface area contributed by atoms with Crippen LogP contribution in [0.5, 0.6) is 0 Å². The summed E-state index contributed by atoms with van der Waals surface area (Å²) in [6, 6.07) is 11.1. The molecule has 4 aliphatic rings. The molecule has 0 saturated carbocycles. The molecule has 1 atom stereocenters. The van der Waals surface area contributed by atoms with Crippen LogP contribution in [0.4, 0.5) is 40.1 Å². The molecule has 9 rings (SSSR count). The summed E-state index contributed by atoms with van der Waals surface area (Å²) in [7, 11) is 1.99. The number of nitrogens with two attached hydrogens (primary N) is 1. The number of nitrogens with one attached hydrogen (secondary N) is 5. The number of aryl methyl sites for hydroxylation is 5. The fourth-order valence-electron chi connectivity index (χ4n) is 9.94. The predicted molar refractivity (Wildman–Crippen MR) is 344 cm³/mol. The Labute approximate surface area is 508 Å². The number of likely N-dealkylation sites (N-methyl/N-ethyl adjacent to an activating group) is 1. The van der Waals surface area contributed by atoms with Gasteiger partial charge in [-0.25, -0.2) is 29.7 Å². The number of carboxylic acid groups (broad SMARTS) is 2. The van der Waals surface area contributed by atoms with E-state index in [1.54, 1.807) is 0 Å². The number of benzene rings is 3. The minimum Gasteiger partial charge on any atom is -0.513 e. The molecule has 0 amide bonds. The Balaban J connectivity index is 0.000000189. The molecule has 3 aromatic carbocycles. The molecule has 0 aliphatic carbocycles. The van der Waals surface area contributed by atoms with E-state index >= 15 is 0 Å². The first-order valence-corrected chi connectivity index (χ1v) is 29.4. The van der Waals surface area contributed by atoms with E-state index in [0.29, 0.717) is 98.0 Å². The lowest BCUT2D eigenvalue weighted by Gasteiger charge is -2.29. The molecule has 468 valence electrons. The Kier molecular flexibility index (Phi) is 21.9. The number of aliphatic carboxylic acids is 2. The molecule has 25 heteroatoms. The van der Waals surface area contributed by atoms with Crippen LogP contribution in [-0.2, 0) is 16.1 Å². The number of carboxylic acids is 2. The number of nitrogens with zero attached hydrogens (tertiary/aromatic N) is 10. The number of rotatable bonds is 23. The zero-order valence-electron chi connectivity index (χ0n) is 51.8. The van der Waals surface area contributed by atoms with Gasteiger partial charge in [-0.1, -0.05) is 53.3 Å². The van der Waals surface area contributed by atoms with Crippen LogP contribution in [0.1, 0.15) is 100.0 Å². The van der Waals surface area contributed by atoms with E-state index in [4.69, 9.17) is 15.9 Å². The van der Waals surface area contributed by atoms with Gasteiger partial charge in [-0.15, -0.1) is 0 Å². The standard InChI is InChI=1S/C24H33N5O3.C20H25N5O3.C19H24N6O3/c1-15-12-18-19(13-17(15)25-14-24(3,4)5)29(11-9-7-6-8-10-20(30)31)22-21(28-18)23(32)27-16(2)26-22;1-12-10-15-16(11-13(12)2)25(9-8-24(4)7-5-6-14(3)26)18-17(21-15)19(27)23-20(28)22-18;1-10-8-14-15(9-11(10)2)25(7-6-21-5-4-13(20)19(27)28)17-16(24-14)18(26)23-12(3)22-17/h12-13,25H,2,6-11,14H2,1,3-5H3,(H,27,32)(H,30,31);10-11,26H,3,5-9H2,1-2,4H3,(H,23,27,28);8-9,13,21H,3-7,20H2,1-2H3,(H,23,26)(H,27,28)/t;;13-/m..1/s1. The molecular weight excluding hydrogens is 1120 g/mol. The van der Waals surface area contributed by atoms with Gasteiger partial charge in [0.1, 0.15) is 17.0 Å². The van der Waals surface area contributed by atoms with Crippen molar-refractivity contribution in [1.29, 1.82) is 0 Å². The molecule has 10 N–H and O–H groups in total. The summed E-state index contributed by atoms with van der Waals surface area (Å²) in [5.41, 5.74) is 15.8. The zero-order valence-corrected chi connectivity index (χ0v) is 51.8. The number of unbranched alkanes of at least 4 members (excludes halogenated alkanes) is 3. The number of H-pyrrole nitrogens is 3. The summed E-state index contributed by atoms with van der Waals surface area (Å²) in [6.07, 6.45) is 5.14. The first-order chi connectivity index (χ1) is 41.6. The van der Waals surface area contributed by atoms with Crippen molar-refractivity contribution in [1.82, 2.24) is 49.7 Å². The molecule has 5 aromatic rings. The van der Waals surface area contributed by atoms with Crippen molar-refractivity contribution in [3.63, 3.8) is 0 Å². The Morgan fingerprint density at radius 2 is 1.25 bits per heavy atom. The van der Waals surface area contributed by atoms with Crippen LogP contribution in [0.3, 0.4) is 0 Å². The maximum atomic E-state index is 12.6. The Hall–Kier alpha value is -9.20. The number of fused-ring (bicyclic) bond motifs is 6. The van der Waals surface area contributed by atoms with Gasteiger partial charge < -0.3 is 60.9 Å². The van der Waals surface area contributed by atoms with Gasteiger partial charge in [-0.3, -0.25) is 29.0 Å². The van der Waals surface area contributed by atoms with Crippen LogP contribution in [0.2, 0.25) is 0 Å². The summed E-state index contributed by atoms with van der Waals surface area (Å²) in [4.78, 5) is 111. The van der Waals surface area contributed by atoms with Gasteiger partial charge in [-0.05, 0) is 150 Å². The molecule has 4 aliphatic heterocycles. The van der Waals surface area contributed by atoms with E-state index in [9.17, 15) is 33.9 Å². The van der Waals surface area contributed by atoms with Crippen molar-refractivity contribution in [3.05, 3.63) is 140 Å². The topological polar surface area (TPSA) is 351 Å². The quantitative estimate of drug-likeness (QED) is 0.0232. The first-order valence-electron chi connectivity index (χ1n) is 29.4. The molecule has 0 spiro atoms. The minimum atomic E-state index is -1.01. The van der Waals surface area contributed by atoms with Gasteiger partial charge in [0, 0.05) is 57.8 Å². The van der Waals surface area contributed by atoms with Crippen molar-refractivity contribution < 1.29 is 24.9 Å². The molecule has 25 nitrogen and oxygen atoms in total.